The number of hydrogen-bond donors (Lipinski definition) is 1. The number of nitro groups is 1. The molecular formula is C13H13N3O2. The first-order valence-electron chi connectivity index (χ1n) is 5.65. The molecule has 0 atom stereocenters. The number of nitrogens with one attached hydrogen (secondary N) is 1. The van der Waals surface area contributed by atoms with Gasteiger partial charge in [0.15, 0.2) is 0 Å². The van der Waals surface area contributed by atoms with Gasteiger partial charge in [-0.3, -0.25) is 10.1 Å². The van der Waals surface area contributed by atoms with E-state index in [4.69, 9.17) is 0 Å². The number of anilines is 2. The molecule has 0 fully saturated rings. The third kappa shape index (κ3) is 2.82. The summed E-state index contributed by atoms with van der Waals surface area (Å²) in [5.41, 5.74) is 2.16. The van der Waals surface area contributed by atoms with Crippen molar-refractivity contribution in [2.24, 2.45) is 0 Å². The Balaban J connectivity index is 2.10. The molecule has 0 aliphatic heterocycles. The Labute approximate surface area is 105 Å². The molecule has 2 rings (SSSR count). The summed E-state index contributed by atoms with van der Waals surface area (Å²) in [6, 6.07) is 11.0. The topological polar surface area (TPSA) is 68.1 Å². The van der Waals surface area contributed by atoms with Gasteiger partial charge in [-0.2, -0.15) is 0 Å². The molecule has 0 saturated heterocycles. The summed E-state index contributed by atoms with van der Waals surface area (Å²) < 4.78 is 0. The van der Waals surface area contributed by atoms with Crippen LogP contribution in [0.1, 0.15) is 12.5 Å². The molecule has 0 saturated carbocycles. The molecular weight excluding hydrogens is 230 g/mol. The van der Waals surface area contributed by atoms with Crippen LogP contribution in [0.15, 0.2) is 42.6 Å². The maximum absolute atomic E-state index is 10.5. The van der Waals surface area contributed by atoms with Crippen LogP contribution in [0.4, 0.5) is 17.2 Å². The molecule has 0 amide bonds. The Morgan fingerprint density at radius 3 is 2.44 bits per heavy atom. The number of rotatable bonds is 4. The molecule has 5 nitrogen and oxygen atoms in total. The highest BCUT2D eigenvalue weighted by atomic mass is 16.6. The van der Waals surface area contributed by atoms with E-state index in [-0.39, 0.29) is 5.69 Å². The summed E-state index contributed by atoms with van der Waals surface area (Å²) in [6.45, 7) is 2.10. The highest BCUT2D eigenvalue weighted by Gasteiger charge is 2.05. The monoisotopic (exact) mass is 243 g/mol. The zero-order valence-electron chi connectivity index (χ0n) is 9.96. The van der Waals surface area contributed by atoms with Crippen molar-refractivity contribution in [1.29, 1.82) is 0 Å². The third-order valence-corrected chi connectivity index (χ3v) is 2.59. The highest BCUT2D eigenvalue weighted by Crippen LogP contribution is 2.17. The van der Waals surface area contributed by atoms with Gasteiger partial charge in [-0.25, -0.2) is 4.98 Å². The van der Waals surface area contributed by atoms with Crippen molar-refractivity contribution in [2.75, 3.05) is 5.32 Å². The van der Waals surface area contributed by atoms with Gasteiger partial charge in [0.2, 0.25) is 0 Å². The molecule has 1 aromatic carbocycles. The van der Waals surface area contributed by atoms with Crippen LogP contribution in [-0.2, 0) is 6.42 Å². The number of hydrogen-bond acceptors (Lipinski definition) is 4. The summed E-state index contributed by atoms with van der Waals surface area (Å²) in [5.74, 6) is 0.588. The van der Waals surface area contributed by atoms with Gasteiger partial charge in [-0.1, -0.05) is 19.1 Å². The number of pyridine rings is 1. The van der Waals surface area contributed by atoms with E-state index in [1.165, 1.54) is 17.8 Å². The van der Waals surface area contributed by atoms with E-state index in [0.717, 1.165) is 12.1 Å². The second-order valence-corrected chi connectivity index (χ2v) is 3.83. The molecule has 92 valence electrons. The van der Waals surface area contributed by atoms with Crippen molar-refractivity contribution in [2.45, 2.75) is 13.3 Å². The lowest BCUT2D eigenvalue weighted by atomic mass is 10.1. The van der Waals surface area contributed by atoms with Gasteiger partial charge in [0, 0.05) is 11.8 Å². The first kappa shape index (κ1) is 12.0. The minimum Gasteiger partial charge on any atom is -0.340 e. The van der Waals surface area contributed by atoms with Gasteiger partial charge < -0.3 is 5.32 Å². The van der Waals surface area contributed by atoms with E-state index in [1.807, 2.05) is 24.3 Å². The van der Waals surface area contributed by atoms with Crippen LogP contribution in [0, 0.1) is 10.1 Å². The summed E-state index contributed by atoms with van der Waals surface area (Å²) in [7, 11) is 0. The molecule has 2 aromatic rings. The van der Waals surface area contributed by atoms with Crippen molar-refractivity contribution in [3.8, 4) is 0 Å². The zero-order valence-corrected chi connectivity index (χ0v) is 9.96. The first-order chi connectivity index (χ1) is 8.69. The van der Waals surface area contributed by atoms with Crippen molar-refractivity contribution >= 4 is 17.2 Å². The van der Waals surface area contributed by atoms with E-state index in [1.54, 1.807) is 6.07 Å². The quantitative estimate of drug-likeness (QED) is 0.660. The van der Waals surface area contributed by atoms with Gasteiger partial charge >= 0.3 is 0 Å². The molecule has 0 bridgehead atoms. The van der Waals surface area contributed by atoms with E-state index in [2.05, 4.69) is 17.2 Å². The van der Waals surface area contributed by atoms with E-state index in [0.29, 0.717) is 5.82 Å². The molecule has 1 aromatic heterocycles. The van der Waals surface area contributed by atoms with Gasteiger partial charge in [0.05, 0.1) is 4.92 Å². The summed E-state index contributed by atoms with van der Waals surface area (Å²) in [6.07, 6.45) is 2.23. The molecule has 0 spiro atoms. The van der Waals surface area contributed by atoms with Crippen LogP contribution >= 0.6 is 0 Å². The predicted molar refractivity (Wildman–Crippen MR) is 70.0 cm³/mol. The van der Waals surface area contributed by atoms with Crippen LogP contribution in [-0.4, -0.2) is 9.91 Å². The van der Waals surface area contributed by atoms with Gasteiger partial charge in [-0.05, 0) is 30.2 Å². The van der Waals surface area contributed by atoms with Gasteiger partial charge in [0.1, 0.15) is 12.0 Å². The lowest BCUT2D eigenvalue weighted by Gasteiger charge is -2.05. The normalized spacial score (nSPS) is 10.1. The number of aryl methyl sites for hydroxylation is 1. The zero-order chi connectivity index (χ0) is 13.0. The SMILES string of the molecule is CCc1ccc(Nc2ccc([N+](=O)[O-])cn2)cc1. The summed E-state index contributed by atoms with van der Waals surface area (Å²) >= 11 is 0. The van der Waals surface area contributed by atoms with Crippen molar-refractivity contribution in [3.63, 3.8) is 0 Å². The van der Waals surface area contributed by atoms with Crippen molar-refractivity contribution in [3.05, 3.63) is 58.3 Å². The van der Waals surface area contributed by atoms with Crippen LogP contribution in [0.25, 0.3) is 0 Å². The Morgan fingerprint density at radius 1 is 1.22 bits per heavy atom. The predicted octanol–water partition coefficient (Wildman–Crippen LogP) is 3.30. The molecule has 1 heterocycles. The Hall–Kier alpha value is -2.43. The number of aromatic nitrogens is 1. The fourth-order valence-corrected chi connectivity index (χ4v) is 1.54. The Kier molecular flexibility index (Phi) is 3.52. The van der Waals surface area contributed by atoms with E-state index >= 15 is 0 Å². The number of nitrogens with zero attached hydrogens (tertiary/aromatic N) is 2. The molecule has 1 N–H and O–H groups in total. The van der Waals surface area contributed by atoms with Crippen molar-refractivity contribution < 1.29 is 4.92 Å². The molecule has 18 heavy (non-hydrogen) atoms. The number of benzene rings is 1. The maximum Gasteiger partial charge on any atom is 0.287 e. The lowest BCUT2D eigenvalue weighted by Crippen LogP contribution is -1.95. The first-order valence-corrected chi connectivity index (χ1v) is 5.65. The summed E-state index contributed by atoms with van der Waals surface area (Å²) in [5, 5.41) is 13.6. The molecule has 0 aliphatic rings. The average molecular weight is 243 g/mol. The largest absolute Gasteiger partial charge is 0.340 e. The fraction of sp³-hybridized carbons (Fsp3) is 0.154. The molecule has 0 aliphatic carbocycles. The minimum absolute atomic E-state index is 0.0121. The Bertz CT molecular complexity index is 535. The smallest absolute Gasteiger partial charge is 0.287 e. The highest BCUT2D eigenvalue weighted by molar-refractivity contribution is 5.57. The van der Waals surface area contributed by atoms with Crippen LogP contribution in [0.2, 0.25) is 0 Å². The van der Waals surface area contributed by atoms with Gasteiger partial charge in [0.25, 0.3) is 5.69 Å². The third-order valence-electron chi connectivity index (χ3n) is 2.59. The van der Waals surface area contributed by atoms with Crippen molar-refractivity contribution in [1.82, 2.24) is 4.98 Å². The fourth-order valence-electron chi connectivity index (χ4n) is 1.54. The maximum atomic E-state index is 10.5. The molecule has 0 unspecified atom stereocenters. The van der Waals surface area contributed by atoms with Crippen LogP contribution in [0.5, 0.6) is 0 Å². The second kappa shape index (κ2) is 5.27. The minimum atomic E-state index is -0.465. The second-order valence-electron chi connectivity index (χ2n) is 3.83. The van der Waals surface area contributed by atoms with Gasteiger partial charge in [-0.15, -0.1) is 0 Å². The lowest BCUT2D eigenvalue weighted by molar-refractivity contribution is -0.385. The Morgan fingerprint density at radius 2 is 1.94 bits per heavy atom. The van der Waals surface area contributed by atoms with Crippen LogP contribution in [0.3, 0.4) is 0 Å². The standard InChI is InChI=1S/C13H13N3O2/c1-2-10-3-5-11(6-4-10)15-13-8-7-12(9-14-13)16(17)18/h3-9H,2H2,1H3,(H,14,15). The van der Waals surface area contributed by atoms with E-state index < -0.39 is 4.92 Å². The summed E-state index contributed by atoms with van der Waals surface area (Å²) in [4.78, 5) is 14.0. The van der Waals surface area contributed by atoms with Crippen LogP contribution < -0.4 is 5.32 Å². The van der Waals surface area contributed by atoms with E-state index in [9.17, 15) is 10.1 Å². The average Bonchev–Trinajstić information content (AvgIpc) is 2.40. The molecule has 0 radical (unpaired) electrons. The molecule has 5 heteroatoms.